The minimum Gasteiger partial charge on any atom is -0.465 e. The fourth-order valence-corrected chi connectivity index (χ4v) is 9.68. The number of ether oxygens (including phenoxy) is 3. The van der Waals surface area contributed by atoms with Gasteiger partial charge in [-0.25, -0.2) is 4.79 Å². The second-order valence-electron chi connectivity index (χ2n) is 13.9. The molecule has 1 saturated heterocycles. The standard InChI is InChI=1S/C32H46O6/c1-19-8-10-25(37-28(19)35)20(2)22-12-15-31(7)23-9-11-26-29(4,5)38-27(34)14-17-32(26,18-36-21(3)33)24(23)13-16-30(22,31)6/h8,20,22,25-26H,9-18H2,1-7H3. The molecule has 7 unspecified atom stereocenters. The highest BCUT2D eigenvalue weighted by molar-refractivity contribution is 5.88. The van der Waals surface area contributed by atoms with Gasteiger partial charge in [-0.2, -0.15) is 0 Å². The quantitative estimate of drug-likeness (QED) is 0.237. The van der Waals surface area contributed by atoms with Crippen LogP contribution < -0.4 is 0 Å². The second kappa shape index (κ2) is 9.23. The van der Waals surface area contributed by atoms with Gasteiger partial charge in [0.05, 0.1) is 0 Å². The summed E-state index contributed by atoms with van der Waals surface area (Å²) in [6.07, 6.45) is 9.96. The summed E-state index contributed by atoms with van der Waals surface area (Å²) in [5.74, 6) is 0.261. The highest BCUT2D eigenvalue weighted by Crippen LogP contribution is 2.71. The van der Waals surface area contributed by atoms with Crippen LogP contribution in [0.25, 0.3) is 0 Å². The normalized spacial score (nSPS) is 41.0. The molecule has 0 aromatic carbocycles. The van der Waals surface area contributed by atoms with Crippen LogP contribution in [0.5, 0.6) is 0 Å². The van der Waals surface area contributed by atoms with Crippen molar-refractivity contribution in [2.24, 2.45) is 34.0 Å². The van der Waals surface area contributed by atoms with Crippen molar-refractivity contribution in [3.63, 3.8) is 0 Å². The molecule has 5 aliphatic rings. The SMILES string of the molecule is CC(=O)OCC12CCC(=O)OC(C)(C)C1CCC1=C2CCC2(C)C(C(C)C3CC=C(C)C(=O)O3)CCC12C. The Hall–Kier alpha value is -2.11. The van der Waals surface area contributed by atoms with Crippen LogP contribution >= 0.6 is 0 Å². The monoisotopic (exact) mass is 526 g/mol. The molecule has 210 valence electrons. The van der Waals surface area contributed by atoms with Gasteiger partial charge in [-0.05, 0) is 88.4 Å². The lowest BCUT2D eigenvalue weighted by molar-refractivity contribution is -0.165. The fraction of sp³-hybridized carbons (Fsp3) is 0.781. The molecular formula is C32H46O6. The molecule has 0 amide bonds. The first-order chi connectivity index (χ1) is 17.7. The number of esters is 3. The van der Waals surface area contributed by atoms with Crippen LogP contribution in [-0.4, -0.2) is 36.2 Å². The first-order valence-electron chi connectivity index (χ1n) is 14.7. The van der Waals surface area contributed by atoms with Crippen molar-refractivity contribution in [1.29, 1.82) is 0 Å². The van der Waals surface area contributed by atoms with Gasteiger partial charge in [0.2, 0.25) is 0 Å². The van der Waals surface area contributed by atoms with Gasteiger partial charge in [-0.15, -0.1) is 0 Å². The van der Waals surface area contributed by atoms with E-state index < -0.39 is 5.60 Å². The molecule has 6 nitrogen and oxygen atoms in total. The molecular weight excluding hydrogens is 480 g/mol. The maximum Gasteiger partial charge on any atom is 0.333 e. The highest BCUT2D eigenvalue weighted by Gasteiger charge is 2.64. The number of fused-ring (bicyclic) bond motifs is 4. The Labute approximate surface area is 227 Å². The Bertz CT molecular complexity index is 1100. The molecule has 2 fully saturated rings. The number of allylic oxidation sites excluding steroid dienone is 1. The highest BCUT2D eigenvalue weighted by atomic mass is 16.6. The van der Waals surface area contributed by atoms with Gasteiger partial charge in [0.15, 0.2) is 0 Å². The molecule has 0 aromatic heterocycles. The summed E-state index contributed by atoms with van der Waals surface area (Å²) in [4.78, 5) is 37.1. The van der Waals surface area contributed by atoms with Gasteiger partial charge in [0.25, 0.3) is 0 Å². The van der Waals surface area contributed by atoms with Crippen LogP contribution in [-0.2, 0) is 28.6 Å². The molecule has 7 atom stereocenters. The van der Waals surface area contributed by atoms with E-state index in [4.69, 9.17) is 14.2 Å². The van der Waals surface area contributed by atoms with E-state index in [0.717, 1.165) is 44.9 Å². The molecule has 0 spiro atoms. The maximum atomic E-state index is 12.7. The van der Waals surface area contributed by atoms with Gasteiger partial charge < -0.3 is 14.2 Å². The lowest BCUT2D eigenvalue weighted by Gasteiger charge is -2.59. The Morgan fingerprint density at radius 2 is 1.79 bits per heavy atom. The predicted molar refractivity (Wildman–Crippen MR) is 144 cm³/mol. The number of cyclic esters (lactones) is 2. The van der Waals surface area contributed by atoms with Crippen LogP contribution in [0.2, 0.25) is 0 Å². The van der Waals surface area contributed by atoms with Crippen molar-refractivity contribution >= 4 is 17.9 Å². The molecule has 2 heterocycles. The third-order valence-electron chi connectivity index (χ3n) is 11.9. The van der Waals surface area contributed by atoms with Gasteiger partial charge in [0.1, 0.15) is 18.3 Å². The molecule has 5 rings (SSSR count). The van der Waals surface area contributed by atoms with Crippen molar-refractivity contribution in [2.75, 3.05) is 6.61 Å². The average Bonchev–Trinajstić information content (AvgIpc) is 3.07. The van der Waals surface area contributed by atoms with E-state index in [0.29, 0.717) is 30.9 Å². The third-order valence-corrected chi connectivity index (χ3v) is 11.9. The molecule has 6 heteroatoms. The van der Waals surface area contributed by atoms with Crippen LogP contribution in [0.15, 0.2) is 22.8 Å². The maximum absolute atomic E-state index is 12.7. The summed E-state index contributed by atoms with van der Waals surface area (Å²) < 4.78 is 17.7. The van der Waals surface area contributed by atoms with Gasteiger partial charge >= 0.3 is 17.9 Å². The first-order valence-corrected chi connectivity index (χ1v) is 14.7. The average molecular weight is 527 g/mol. The van der Waals surface area contributed by atoms with E-state index in [9.17, 15) is 14.4 Å². The van der Waals surface area contributed by atoms with Crippen molar-refractivity contribution in [1.82, 2.24) is 0 Å². The topological polar surface area (TPSA) is 78.9 Å². The van der Waals surface area contributed by atoms with E-state index >= 15 is 0 Å². The summed E-state index contributed by atoms with van der Waals surface area (Å²) in [5, 5.41) is 0. The van der Waals surface area contributed by atoms with Crippen molar-refractivity contribution in [3.05, 3.63) is 22.8 Å². The zero-order valence-corrected chi connectivity index (χ0v) is 24.4. The molecule has 0 bridgehead atoms. The zero-order valence-electron chi connectivity index (χ0n) is 24.4. The Morgan fingerprint density at radius 3 is 2.47 bits per heavy atom. The number of hydrogen-bond donors (Lipinski definition) is 0. The van der Waals surface area contributed by atoms with Gasteiger partial charge in [0, 0.05) is 36.7 Å². The molecule has 0 N–H and O–H groups in total. The second-order valence-corrected chi connectivity index (χ2v) is 13.9. The van der Waals surface area contributed by atoms with E-state index in [-0.39, 0.29) is 52.1 Å². The van der Waals surface area contributed by atoms with Crippen LogP contribution in [0.4, 0.5) is 0 Å². The number of carbonyl (C=O) groups is 3. The van der Waals surface area contributed by atoms with E-state index in [1.807, 2.05) is 26.8 Å². The van der Waals surface area contributed by atoms with E-state index in [1.165, 1.54) is 12.5 Å². The number of carbonyl (C=O) groups excluding carboxylic acids is 3. The lowest BCUT2D eigenvalue weighted by Crippen LogP contribution is -2.54. The van der Waals surface area contributed by atoms with Crippen molar-refractivity contribution in [2.45, 2.75) is 118 Å². The van der Waals surface area contributed by atoms with Crippen molar-refractivity contribution in [3.8, 4) is 0 Å². The Balaban J connectivity index is 1.54. The van der Waals surface area contributed by atoms with Crippen molar-refractivity contribution < 1.29 is 28.6 Å². The fourth-order valence-electron chi connectivity index (χ4n) is 9.68. The Morgan fingerprint density at radius 1 is 1.05 bits per heavy atom. The lowest BCUT2D eigenvalue weighted by atomic mass is 9.46. The summed E-state index contributed by atoms with van der Waals surface area (Å²) in [5.41, 5.74) is 2.84. The predicted octanol–water partition coefficient (Wildman–Crippen LogP) is 6.47. The van der Waals surface area contributed by atoms with Crippen LogP contribution in [0.1, 0.15) is 106 Å². The minimum atomic E-state index is -0.614. The van der Waals surface area contributed by atoms with Gasteiger partial charge in [-0.1, -0.05) is 38.0 Å². The molecule has 2 aliphatic heterocycles. The molecule has 38 heavy (non-hydrogen) atoms. The molecule has 0 aromatic rings. The Kier molecular flexibility index (Phi) is 6.67. The number of rotatable bonds is 4. The third kappa shape index (κ3) is 3.99. The van der Waals surface area contributed by atoms with Crippen LogP contribution in [0.3, 0.4) is 0 Å². The zero-order chi connectivity index (χ0) is 27.7. The van der Waals surface area contributed by atoms with Gasteiger partial charge in [-0.3, -0.25) is 9.59 Å². The minimum absolute atomic E-state index is 0.0272. The summed E-state index contributed by atoms with van der Waals surface area (Å²) >= 11 is 0. The molecule has 1 saturated carbocycles. The van der Waals surface area contributed by atoms with E-state index in [2.05, 4.69) is 20.8 Å². The first kappa shape index (κ1) is 27.5. The summed E-state index contributed by atoms with van der Waals surface area (Å²) in [6.45, 7) is 14.9. The summed E-state index contributed by atoms with van der Waals surface area (Å²) in [7, 11) is 0. The summed E-state index contributed by atoms with van der Waals surface area (Å²) in [6, 6.07) is 0. The molecule has 0 radical (unpaired) electrons. The molecule has 3 aliphatic carbocycles. The largest absolute Gasteiger partial charge is 0.465 e. The van der Waals surface area contributed by atoms with Crippen LogP contribution in [0, 0.1) is 34.0 Å². The number of hydrogen-bond acceptors (Lipinski definition) is 6. The smallest absolute Gasteiger partial charge is 0.333 e. The van der Waals surface area contributed by atoms with E-state index in [1.54, 1.807) is 5.57 Å².